The van der Waals surface area contributed by atoms with E-state index in [4.69, 9.17) is 9.47 Å². The Balaban J connectivity index is 1.68. The molecule has 0 spiro atoms. The number of nitrogens with one attached hydrogen (secondary N) is 3. The minimum atomic E-state index is -0.112. The van der Waals surface area contributed by atoms with Crippen molar-refractivity contribution >= 4 is 17.7 Å². The van der Waals surface area contributed by atoms with Gasteiger partial charge in [-0.25, -0.2) is 4.98 Å². The number of benzene rings is 1. The Kier molecular flexibility index (Phi) is 8.75. The second-order valence-electron chi connectivity index (χ2n) is 6.51. The number of aryl methyl sites for hydroxylation is 1. The van der Waals surface area contributed by atoms with Crippen molar-refractivity contribution in [2.24, 2.45) is 4.99 Å². The number of carbonyl (C=O) groups is 1. The molecular weight excluding hydrogens is 370 g/mol. The molecule has 0 aliphatic rings. The van der Waals surface area contributed by atoms with Gasteiger partial charge in [-0.3, -0.25) is 9.79 Å². The van der Waals surface area contributed by atoms with Gasteiger partial charge in [0.15, 0.2) is 5.96 Å². The summed E-state index contributed by atoms with van der Waals surface area (Å²) in [6, 6.07) is 11.2. The van der Waals surface area contributed by atoms with E-state index in [1.165, 1.54) is 0 Å². The van der Waals surface area contributed by atoms with Gasteiger partial charge in [0.25, 0.3) is 0 Å². The van der Waals surface area contributed by atoms with Crippen LogP contribution in [-0.2, 0) is 4.79 Å². The number of amides is 1. The van der Waals surface area contributed by atoms with Gasteiger partial charge in [-0.15, -0.1) is 0 Å². The molecule has 2 rings (SSSR count). The Labute approximate surface area is 171 Å². The number of aromatic nitrogens is 1. The molecule has 0 radical (unpaired) electrons. The lowest BCUT2D eigenvalue weighted by Gasteiger charge is -2.18. The van der Waals surface area contributed by atoms with Crippen LogP contribution in [0.15, 0.2) is 47.6 Å². The number of hydrogen-bond donors (Lipinski definition) is 3. The molecule has 2 aromatic rings. The predicted octanol–water partition coefficient (Wildman–Crippen LogP) is 2.36. The van der Waals surface area contributed by atoms with E-state index in [0.717, 1.165) is 17.1 Å². The Morgan fingerprint density at radius 1 is 1.21 bits per heavy atom. The molecule has 29 heavy (non-hydrogen) atoms. The molecule has 1 atom stereocenters. The molecule has 8 heteroatoms. The minimum Gasteiger partial charge on any atom is -0.497 e. The van der Waals surface area contributed by atoms with Crippen molar-refractivity contribution < 1.29 is 14.3 Å². The van der Waals surface area contributed by atoms with Crippen molar-refractivity contribution in [1.29, 1.82) is 0 Å². The van der Waals surface area contributed by atoms with E-state index in [-0.39, 0.29) is 12.0 Å². The maximum absolute atomic E-state index is 12.0. The molecule has 1 amide bonds. The number of aliphatic imine (C=N–C) groups is 1. The minimum absolute atomic E-state index is 0.0865. The van der Waals surface area contributed by atoms with Crippen LogP contribution in [0.1, 0.15) is 18.9 Å². The summed E-state index contributed by atoms with van der Waals surface area (Å²) in [5.74, 6) is 2.53. The Bertz CT molecular complexity index is 808. The van der Waals surface area contributed by atoms with Crippen molar-refractivity contribution in [2.45, 2.75) is 26.4 Å². The zero-order chi connectivity index (χ0) is 21.1. The Morgan fingerprint density at radius 2 is 2.00 bits per heavy atom. The van der Waals surface area contributed by atoms with Gasteiger partial charge >= 0.3 is 0 Å². The van der Waals surface area contributed by atoms with E-state index in [0.29, 0.717) is 31.3 Å². The van der Waals surface area contributed by atoms with Crippen LogP contribution in [0, 0.1) is 6.92 Å². The third kappa shape index (κ3) is 8.08. The van der Waals surface area contributed by atoms with Gasteiger partial charge in [0.05, 0.1) is 13.7 Å². The summed E-state index contributed by atoms with van der Waals surface area (Å²) >= 11 is 0. The maximum atomic E-state index is 12.0. The Morgan fingerprint density at radius 3 is 2.69 bits per heavy atom. The lowest BCUT2D eigenvalue weighted by Crippen LogP contribution is -2.42. The largest absolute Gasteiger partial charge is 0.497 e. The van der Waals surface area contributed by atoms with Gasteiger partial charge in [0.1, 0.15) is 23.4 Å². The van der Waals surface area contributed by atoms with Gasteiger partial charge in [-0.05, 0) is 37.6 Å². The van der Waals surface area contributed by atoms with Crippen LogP contribution >= 0.6 is 0 Å². The first-order chi connectivity index (χ1) is 14.0. The van der Waals surface area contributed by atoms with E-state index < -0.39 is 0 Å². The van der Waals surface area contributed by atoms with Crippen LogP contribution in [0.2, 0.25) is 0 Å². The number of hydrogen-bond acceptors (Lipinski definition) is 5. The first-order valence-corrected chi connectivity index (χ1v) is 9.48. The van der Waals surface area contributed by atoms with Crippen LogP contribution in [0.5, 0.6) is 11.5 Å². The standard InChI is InChI=1S/C21H29N5O3/c1-15-8-9-19(24-13-15)26-20(27)10-11-23-21(22-3)25-14-16(2)29-18-7-5-6-17(12-18)28-4/h5-9,12-13,16H,10-11,14H2,1-4H3,(H2,22,23,25)(H,24,26,27). The molecule has 0 fully saturated rings. The fraction of sp³-hybridized carbons (Fsp3) is 0.381. The smallest absolute Gasteiger partial charge is 0.227 e. The van der Waals surface area contributed by atoms with Gasteiger partial charge in [0.2, 0.25) is 5.91 Å². The number of pyridine rings is 1. The van der Waals surface area contributed by atoms with Crippen molar-refractivity contribution in [3.63, 3.8) is 0 Å². The van der Waals surface area contributed by atoms with Crippen LogP contribution in [-0.4, -0.2) is 50.2 Å². The summed E-state index contributed by atoms with van der Waals surface area (Å²) in [6.45, 7) is 4.91. The second-order valence-corrected chi connectivity index (χ2v) is 6.51. The molecule has 0 saturated carbocycles. The summed E-state index contributed by atoms with van der Waals surface area (Å²) in [7, 11) is 3.30. The zero-order valence-corrected chi connectivity index (χ0v) is 17.4. The molecule has 1 unspecified atom stereocenters. The van der Waals surface area contributed by atoms with E-state index in [9.17, 15) is 4.79 Å². The number of carbonyl (C=O) groups excluding carboxylic acids is 1. The van der Waals surface area contributed by atoms with Crippen LogP contribution in [0.25, 0.3) is 0 Å². The van der Waals surface area contributed by atoms with Crippen molar-refractivity contribution in [3.05, 3.63) is 48.2 Å². The molecular formula is C21H29N5O3. The fourth-order valence-electron chi connectivity index (χ4n) is 2.45. The fourth-order valence-corrected chi connectivity index (χ4v) is 2.45. The molecule has 8 nitrogen and oxygen atoms in total. The first kappa shape index (κ1) is 22.0. The van der Waals surface area contributed by atoms with Crippen LogP contribution in [0.3, 0.4) is 0 Å². The maximum Gasteiger partial charge on any atom is 0.227 e. The summed E-state index contributed by atoms with van der Waals surface area (Å²) in [5, 5.41) is 9.07. The summed E-state index contributed by atoms with van der Waals surface area (Å²) in [6.07, 6.45) is 1.93. The molecule has 156 valence electrons. The predicted molar refractivity (Wildman–Crippen MR) is 115 cm³/mol. The molecule has 3 N–H and O–H groups in total. The average Bonchev–Trinajstić information content (AvgIpc) is 2.72. The molecule has 1 heterocycles. The average molecular weight is 399 g/mol. The molecule has 0 aliphatic carbocycles. The third-order valence-electron chi connectivity index (χ3n) is 3.98. The van der Waals surface area contributed by atoms with E-state index in [2.05, 4.69) is 25.9 Å². The quantitative estimate of drug-likeness (QED) is 0.442. The van der Waals surface area contributed by atoms with Gasteiger partial charge < -0.3 is 25.4 Å². The monoisotopic (exact) mass is 399 g/mol. The van der Waals surface area contributed by atoms with Crippen LogP contribution < -0.4 is 25.4 Å². The lowest BCUT2D eigenvalue weighted by atomic mass is 10.3. The van der Waals surface area contributed by atoms with E-state index in [1.54, 1.807) is 26.4 Å². The number of guanidine groups is 1. The number of ether oxygens (including phenoxy) is 2. The van der Waals surface area contributed by atoms with E-state index >= 15 is 0 Å². The summed E-state index contributed by atoms with van der Waals surface area (Å²) in [5.41, 5.74) is 1.05. The van der Waals surface area contributed by atoms with Crippen molar-refractivity contribution in [3.8, 4) is 11.5 Å². The highest BCUT2D eigenvalue weighted by atomic mass is 16.5. The number of methoxy groups -OCH3 is 1. The highest BCUT2D eigenvalue weighted by molar-refractivity contribution is 5.90. The van der Waals surface area contributed by atoms with Gasteiger partial charge in [0, 0.05) is 32.3 Å². The normalized spacial score (nSPS) is 12.1. The molecule has 0 bridgehead atoms. The molecule has 1 aromatic carbocycles. The zero-order valence-electron chi connectivity index (χ0n) is 17.4. The van der Waals surface area contributed by atoms with Gasteiger partial charge in [-0.1, -0.05) is 12.1 Å². The SMILES string of the molecule is CN=C(NCCC(=O)Nc1ccc(C)cn1)NCC(C)Oc1cccc(OC)c1. The Hall–Kier alpha value is -3.29. The first-order valence-electron chi connectivity index (χ1n) is 9.48. The van der Waals surface area contributed by atoms with Gasteiger partial charge in [-0.2, -0.15) is 0 Å². The highest BCUT2D eigenvalue weighted by Gasteiger charge is 2.08. The lowest BCUT2D eigenvalue weighted by molar-refractivity contribution is -0.116. The van der Waals surface area contributed by atoms with E-state index in [1.807, 2.05) is 44.2 Å². The number of rotatable bonds is 9. The topological polar surface area (TPSA) is 96.9 Å². The van der Waals surface area contributed by atoms with Crippen molar-refractivity contribution in [1.82, 2.24) is 15.6 Å². The molecule has 0 saturated heterocycles. The number of nitrogens with zero attached hydrogens (tertiary/aromatic N) is 2. The number of anilines is 1. The molecule has 1 aromatic heterocycles. The second kappa shape index (κ2) is 11.5. The summed E-state index contributed by atoms with van der Waals surface area (Å²) < 4.78 is 11.1. The summed E-state index contributed by atoms with van der Waals surface area (Å²) in [4.78, 5) is 20.3. The van der Waals surface area contributed by atoms with Crippen LogP contribution in [0.4, 0.5) is 5.82 Å². The molecule has 0 aliphatic heterocycles. The third-order valence-corrected chi connectivity index (χ3v) is 3.98. The van der Waals surface area contributed by atoms with Crippen molar-refractivity contribution in [2.75, 3.05) is 32.6 Å². The highest BCUT2D eigenvalue weighted by Crippen LogP contribution is 2.19.